The molecular formula is C15H17FO5. The summed E-state index contributed by atoms with van der Waals surface area (Å²) in [6.45, 7) is 2.32. The lowest BCUT2D eigenvalue weighted by molar-refractivity contribution is -0.175. The molecule has 0 spiro atoms. The van der Waals surface area contributed by atoms with Crippen LogP contribution in [-0.4, -0.2) is 36.6 Å². The number of carbonyl (C=O) groups is 2. The molecule has 3 atom stereocenters. The van der Waals surface area contributed by atoms with E-state index in [1.807, 2.05) is 0 Å². The average molecular weight is 296 g/mol. The standard InChI is InChI=1S/C15H17FO5/c1-10(17)20-13-8-15(2,16)12(21-13)9-19-14(18)11-6-4-3-5-7-11/h3-7,12-13H,8-9H2,1-2H3/t12-,13?,15?/m1/s1. The molecule has 5 nitrogen and oxygen atoms in total. The van der Waals surface area contributed by atoms with E-state index >= 15 is 0 Å². The van der Waals surface area contributed by atoms with E-state index < -0.39 is 30.0 Å². The molecule has 0 amide bonds. The zero-order chi connectivity index (χ0) is 15.5. The van der Waals surface area contributed by atoms with Gasteiger partial charge in [-0.2, -0.15) is 0 Å². The van der Waals surface area contributed by atoms with Gasteiger partial charge in [0.15, 0.2) is 0 Å². The molecule has 1 aromatic rings. The van der Waals surface area contributed by atoms with Crippen LogP contribution >= 0.6 is 0 Å². The summed E-state index contributed by atoms with van der Waals surface area (Å²) in [5.41, 5.74) is -1.34. The van der Waals surface area contributed by atoms with Gasteiger partial charge in [0.05, 0.1) is 5.56 Å². The maximum absolute atomic E-state index is 14.3. The van der Waals surface area contributed by atoms with Crippen LogP contribution in [0.3, 0.4) is 0 Å². The zero-order valence-corrected chi connectivity index (χ0v) is 11.9. The number of hydrogen-bond donors (Lipinski definition) is 0. The summed E-state index contributed by atoms with van der Waals surface area (Å²) >= 11 is 0. The second kappa shape index (κ2) is 6.22. The summed E-state index contributed by atoms with van der Waals surface area (Å²) in [5.74, 6) is -1.09. The summed E-state index contributed by atoms with van der Waals surface area (Å²) in [4.78, 5) is 22.6. The first-order valence-electron chi connectivity index (χ1n) is 6.62. The molecule has 1 fully saturated rings. The molecule has 0 N–H and O–H groups in total. The van der Waals surface area contributed by atoms with Crippen molar-refractivity contribution in [2.45, 2.75) is 38.3 Å². The van der Waals surface area contributed by atoms with Crippen molar-refractivity contribution in [2.75, 3.05) is 6.61 Å². The Balaban J connectivity index is 1.90. The summed E-state index contributed by atoms with van der Waals surface area (Å²) in [7, 11) is 0. The first kappa shape index (κ1) is 15.4. The van der Waals surface area contributed by atoms with Gasteiger partial charge in [-0.05, 0) is 19.1 Å². The molecule has 1 aliphatic rings. The third-order valence-electron chi connectivity index (χ3n) is 3.23. The Labute approximate surface area is 122 Å². The van der Waals surface area contributed by atoms with Crippen molar-refractivity contribution in [1.29, 1.82) is 0 Å². The molecule has 114 valence electrons. The van der Waals surface area contributed by atoms with Crippen LogP contribution in [0, 0.1) is 0 Å². The lowest BCUT2D eigenvalue weighted by atomic mass is 10.0. The molecule has 6 heteroatoms. The monoisotopic (exact) mass is 296 g/mol. The molecule has 0 aliphatic carbocycles. The van der Waals surface area contributed by atoms with E-state index in [0.29, 0.717) is 5.56 Å². The Morgan fingerprint density at radius 1 is 1.38 bits per heavy atom. The van der Waals surface area contributed by atoms with Crippen LogP contribution in [0.2, 0.25) is 0 Å². The molecule has 0 aromatic heterocycles. The van der Waals surface area contributed by atoms with Crippen LogP contribution in [-0.2, 0) is 19.0 Å². The third kappa shape index (κ3) is 4.01. The summed E-state index contributed by atoms with van der Waals surface area (Å²) in [6.07, 6.45) is -1.99. The number of alkyl halides is 1. The van der Waals surface area contributed by atoms with Gasteiger partial charge in [0.1, 0.15) is 18.4 Å². The van der Waals surface area contributed by atoms with Crippen molar-refractivity contribution in [3.63, 3.8) is 0 Å². The van der Waals surface area contributed by atoms with E-state index in [9.17, 15) is 14.0 Å². The average Bonchev–Trinajstić information content (AvgIpc) is 2.70. The Kier molecular flexibility index (Phi) is 4.57. The largest absolute Gasteiger partial charge is 0.459 e. The van der Waals surface area contributed by atoms with E-state index in [-0.39, 0.29) is 13.0 Å². The van der Waals surface area contributed by atoms with Gasteiger partial charge < -0.3 is 14.2 Å². The second-order valence-electron chi connectivity index (χ2n) is 5.11. The molecule has 1 aliphatic heterocycles. The van der Waals surface area contributed by atoms with Gasteiger partial charge in [-0.3, -0.25) is 4.79 Å². The Bertz CT molecular complexity index is 514. The van der Waals surface area contributed by atoms with Crippen molar-refractivity contribution < 1.29 is 28.2 Å². The molecule has 0 radical (unpaired) electrons. The molecule has 2 rings (SSSR count). The van der Waals surface area contributed by atoms with Crippen molar-refractivity contribution in [3.05, 3.63) is 35.9 Å². The number of halogens is 1. The van der Waals surface area contributed by atoms with Crippen LogP contribution in [0.4, 0.5) is 4.39 Å². The molecular weight excluding hydrogens is 279 g/mol. The second-order valence-corrected chi connectivity index (χ2v) is 5.11. The normalized spacial score (nSPS) is 28.1. The van der Waals surface area contributed by atoms with E-state index in [4.69, 9.17) is 14.2 Å². The van der Waals surface area contributed by atoms with E-state index in [1.165, 1.54) is 13.8 Å². The van der Waals surface area contributed by atoms with E-state index in [0.717, 1.165) is 0 Å². The molecule has 0 bridgehead atoms. The number of hydrogen-bond acceptors (Lipinski definition) is 5. The molecule has 1 heterocycles. The van der Waals surface area contributed by atoms with Gasteiger partial charge in [-0.15, -0.1) is 0 Å². The highest BCUT2D eigenvalue weighted by atomic mass is 19.1. The van der Waals surface area contributed by atoms with Crippen LogP contribution in [0.1, 0.15) is 30.6 Å². The molecule has 21 heavy (non-hydrogen) atoms. The zero-order valence-electron chi connectivity index (χ0n) is 11.9. The molecule has 1 saturated heterocycles. The van der Waals surface area contributed by atoms with Crippen LogP contribution in [0.15, 0.2) is 30.3 Å². The maximum atomic E-state index is 14.3. The predicted octanol–water partition coefficient (Wildman–Crippen LogP) is 2.25. The molecule has 0 saturated carbocycles. The first-order chi connectivity index (χ1) is 9.88. The first-order valence-corrected chi connectivity index (χ1v) is 6.62. The lowest BCUT2D eigenvalue weighted by Gasteiger charge is -2.20. The van der Waals surface area contributed by atoms with Crippen LogP contribution in [0.25, 0.3) is 0 Å². The summed E-state index contributed by atoms with van der Waals surface area (Å²) in [6, 6.07) is 8.40. The maximum Gasteiger partial charge on any atom is 0.338 e. The summed E-state index contributed by atoms with van der Waals surface area (Å²) in [5, 5.41) is 0. The topological polar surface area (TPSA) is 61.8 Å². The highest BCUT2D eigenvalue weighted by Crippen LogP contribution is 2.34. The smallest absolute Gasteiger partial charge is 0.338 e. The van der Waals surface area contributed by atoms with Crippen molar-refractivity contribution in [2.24, 2.45) is 0 Å². The highest BCUT2D eigenvalue weighted by Gasteiger charge is 2.47. The number of rotatable bonds is 4. The van der Waals surface area contributed by atoms with Gasteiger partial charge in [0.25, 0.3) is 0 Å². The number of carbonyl (C=O) groups excluding carboxylic acids is 2. The fourth-order valence-electron chi connectivity index (χ4n) is 2.11. The SMILES string of the molecule is CC(=O)OC1CC(C)(F)[C@@H](COC(=O)c2ccccc2)O1. The van der Waals surface area contributed by atoms with Crippen molar-refractivity contribution >= 4 is 11.9 Å². The minimum absolute atomic E-state index is 0.0832. The fourth-order valence-corrected chi connectivity index (χ4v) is 2.11. The van der Waals surface area contributed by atoms with Gasteiger partial charge in [-0.25, -0.2) is 9.18 Å². The number of esters is 2. The Morgan fingerprint density at radius 2 is 2.05 bits per heavy atom. The fraction of sp³-hybridized carbons (Fsp3) is 0.467. The minimum atomic E-state index is -1.73. The van der Waals surface area contributed by atoms with E-state index in [1.54, 1.807) is 30.3 Å². The van der Waals surface area contributed by atoms with E-state index in [2.05, 4.69) is 0 Å². The predicted molar refractivity (Wildman–Crippen MR) is 71.3 cm³/mol. The van der Waals surface area contributed by atoms with Crippen LogP contribution < -0.4 is 0 Å². The third-order valence-corrected chi connectivity index (χ3v) is 3.23. The van der Waals surface area contributed by atoms with Crippen LogP contribution in [0.5, 0.6) is 0 Å². The van der Waals surface area contributed by atoms with Crippen molar-refractivity contribution in [1.82, 2.24) is 0 Å². The van der Waals surface area contributed by atoms with Gasteiger partial charge in [-0.1, -0.05) is 18.2 Å². The summed E-state index contributed by atoms with van der Waals surface area (Å²) < 4.78 is 29.5. The molecule has 1 aromatic carbocycles. The lowest BCUT2D eigenvalue weighted by Crippen LogP contribution is -2.34. The van der Waals surface area contributed by atoms with Gasteiger partial charge in [0.2, 0.25) is 6.29 Å². The Hall–Kier alpha value is -1.95. The minimum Gasteiger partial charge on any atom is -0.459 e. The van der Waals surface area contributed by atoms with Gasteiger partial charge in [0, 0.05) is 13.3 Å². The van der Waals surface area contributed by atoms with Crippen molar-refractivity contribution in [3.8, 4) is 0 Å². The highest BCUT2D eigenvalue weighted by molar-refractivity contribution is 5.89. The molecule has 2 unspecified atom stereocenters. The number of ether oxygens (including phenoxy) is 3. The number of benzene rings is 1. The van der Waals surface area contributed by atoms with Gasteiger partial charge >= 0.3 is 11.9 Å². The Morgan fingerprint density at radius 3 is 2.67 bits per heavy atom. The quantitative estimate of drug-likeness (QED) is 0.797.